The van der Waals surface area contributed by atoms with Gasteiger partial charge in [0.25, 0.3) is 0 Å². The molecule has 0 amide bonds. The van der Waals surface area contributed by atoms with Crippen molar-refractivity contribution in [2.24, 2.45) is 0 Å². The van der Waals surface area contributed by atoms with Gasteiger partial charge in [0, 0.05) is 34.1 Å². The van der Waals surface area contributed by atoms with Crippen LogP contribution in [0.2, 0.25) is 0 Å². The van der Waals surface area contributed by atoms with Crippen LogP contribution in [0.5, 0.6) is 0 Å². The van der Waals surface area contributed by atoms with E-state index >= 15 is 0 Å². The highest BCUT2D eigenvalue weighted by Gasteiger charge is 2.24. The molecule has 0 aromatic heterocycles. The Bertz CT molecular complexity index is 4060. The summed E-state index contributed by atoms with van der Waals surface area (Å²) in [5, 5.41) is 39.6. The second-order valence-electron chi connectivity index (χ2n) is 23.1. The van der Waals surface area contributed by atoms with Gasteiger partial charge in [0.2, 0.25) is 0 Å². The van der Waals surface area contributed by atoms with Crippen LogP contribution in [0.1, 0.15) is 33.4 Å². The average Bonchev–Trinajstić information content (AvgIpc) is 0.932. The molecule has 0 radical (unpaired) electrons. The smallest absolute Gasteiger partial charge is 0.0681 e. The third-order valence-electron chi connectivity index (χ3n) is 17.1. The molecule has 13 aromatic carbocycles. The average molecular weight is 1180 g/mol. The summed E-state index contributed by atoms with van der Waals surface area (Å²) in [5.74, 6) is 0. The fourth-order valence-corrected chi connectivity index (χ4v) is 11.8. The van der Waals surface area contributed by atoms with E-state index in [0.29, 0.717) is 0 Å². The highest BCUT2D eigenvalue weighted by Crippen LogP contribution is 2.48. The molecule has 0 saturated heterocycles. The van der Waals surface area contributed by atoms with Crippen molar-refractivity contribution in [2.75, 3.05) is 14.7 Å². The predicted octanol–water partition coefficient (Wildman–Crippen LogP) is 20.7. The molecule has 7 heteroatoms. The zero-order chi connectivity index (χ0) is 62.2. The summed E-state index contributed by atoms with van der Waals surface area (Å²) in [6.45, 7) is 4.14. The van der Waals surface area contributed by atoms with Gasteiger partial charge < -0.3 is 35.1 Å². The van der Waals surface area contributed by atoms with E-state index in [4.69, 9.17) is 0 Å². The molecule has 0 atom stereocenters. The van der Waals surface area contributed by atoms with Gasteiger partial charge in [0.1, 0.15) is 0 Å². The van der Waals surface area contributed by atoms with E-state index < -0.39 is 0 Å². The largest absolute Gasteiger partial charge is 0.392 e. The summed E-state index contributed by atoms with van der Waals surface area (Å²) in [7, 11) is 0. The first-order chi connectivity index (χ1) is 44.7. The van der Waals surface area contributed by atoms with Crippen LogP contribution in [-0.4, -0.2) is 20.4 Å². The predicted molar refractivity (Wildman–Crippen MR) is 376 cm³/mol. The van der Waals surface area contributed by atoms with Crippen LogP contribution in [-0.2, 0) is 26.4 Å². The van der Waals surface area contributed by atoms with Gasteiger partial charge in [0.15, 0.2) is 0 Å². The van der Waals surface area contributed by atoms with E-state index in [1.807, 2.05) is 48.5 Å². The minimum atomic E-state index is -0.0219. The molecule has 91 heavy (non-hydrogen) atoms. The molecular weight excluding hydrogens is 1110 g/mol. The minimum Gasteiger partial charge on any atom is -0.392 e. The molecule has 0 saturated carbocycles. The third-order valence-corrected chi connectivity index (χ3v) is 17.1. The van der Waals surface area contributed by atoms with Gasteiger partial charge in [-0.2, -0.15) is 0 Å². The molecule has 0 bridgehead atoms. The van der Waals surface area contributed by atoms with Crippen LogP contribution < -0.4 is 14.7 Å². The van der Waals surface area contributed by atoms with Crippen molar-refractivity contribution in [3.8, 4) is 66.8 Å². The first-order valence-corrected chi connectivity index (χ1v) is 30.8. The topological polar surface area (TPSA) is 90.6 Å². The van der Waals surface area contributed by atoms with Crippen LogP contribution in [0, 0.1) is 13.8 Å². The van der Waals surface area contributed by atoms with Crippen LogP contribution in [0.25, 0.3) is 66.8 Å². The summed E-state index contributed by atoms with van der Waals surface area (Å²) >= 11 is 0. The lowest BCUT2D eigenvalue weighted by molar-refractivity contribution is 0.281. The molecule has 0 heterocycles. The summed E-state index contributed by atoms with van der Waals surface area (Å²) in [6.07, 6.45) is 0. The maximum absolute atomic E-state index is 9.91. The van der Waals surface area contributed by atoms with Crippen LogP contribution in [0.15, 0.2) is 309 Å². The maximum atomic E-state index is 9.91. The van der Waals surface area contributed by atoms with Crippen LogP contribution in [0.4, 0.5) is 51.2 Å². The monoisotopic (exact) mass is 1180 g/mol. The molecule has 7 nitrogen and oxygen atoms in total. The van der Waals surface area contributed by atoms with Gasteiger partial charge in [-0.25, -0.2) is 0 Å². The van der Waals surface area contributed by atoms with E-state index in [0.717, 1.165) is 140 Å². The maximum Gasteiger partial charge on any atom is 0.0681 e. The van der Waals surface area contributed by atoms with E-state index in [1.54, 1.807) is 0 Å². The Hall–Kier alpha value is -10.9. The Balaban J connectivity index is 1.04. The van der Waals surface area contributed by atoms with Crippen molar-refractivity contribution in [3.05, 3.63) is 343 Å². The lowest BCUT2D eigenvalue weighted by atomic mass is 10.0. The van der Waals surface area contributed by atoms with Crippen molar-refractivity contribution in [1.29, 1.82) is 0 Å². The Labute approximate surface area is 533 Å². The number of benzene rings is 13. The minimum absolute atomic E-state index is 0.0219. The summed E-state index contributed by atoms with van der Waals surface area (Å²) in [6, 6.07) is 109. The normalized spacial score (nSPS) is 11.1. The number of aryl methyl sites for hydroxylation is 2. The van der Waals surface area contributed by atoms with E-state index in [9.17, 15) is 20.4 Å². The molecule has 0 aliphatic heterocycles. The first kappa shape index (κ1) is 59.1. The lowest BCUT2D eigenvalue weighted by Gasteiger charge is -2.33. The molecule has 13 aromatic rings. The number of hydrogen-bond donors (Lipinski definition) is 4. The zero-order valence-corrected chi connectivity index (χ0v) is 50.9. The van der Waals surface area contributed by atoms with Gasteiger partial charge in [-0.1, -0.05) is 230 Å². The lowest BCUT2D eigenvalue weighted by Crippen LogP contribution is -2.16. The fraction of sp³-hybridized carbons (Fsp3) is 0.0714. The van der Waals surface area contributed by atoms with Crippen molar-refractivity contribution in [2.45, 2.75) is 40.3 Å². The number of aliphatic hydroxyl groups excluding tert-OH is 4. The van der Waals surface area contributed by atoms with Gasteiger partial charge >= 0.3 is 0 Å². The quantitative estimate of drug-likeness (QED) is 0.0641. The van der Waals surface area contributed by atoms with Crippen molar-refractivity contribution in [1.82, 2.24) is 0 Å². The Morgan fingerprint density at radius 1 is 0.176 bits per heavy atom. The van der Waals surface area contributed by atoms with Gasteiger partial charge in [0.05, 0.1) is 43.5 Å². The Morgan fingerprint density at radius 3 is 0.451 bits per heavy atom. The SMILES string of the molecule is Cc1ccc(-c2ccc(N(c3ccc(-c4ccc(C)cc4)cc3)c3cc(N(c4ccc(-c5ccc(CO)cc5)cc4)c4ccc(-c5ccc(CO)cc5)cc4)cc(N(c4ccc(-c5ccc(CO)cc5)cc4)c4ccc(-c5ccc(CO)cc5)cc4)c3)cc2)cc1. The van der Waals surface area contributed by atoms with Crippen molar-refractivity contribution < 1.29 is 20.4 Å². The fourth-order valence-electron chi connectivity index (χ4n) is 11.8. The molecule has 13 rings (SSSR count). The van der Waals surface area contributed by atoms with Gasteiger partial charge in [-0.15, -0.1) is 0 Å². The number of rotatable bonds is 19. The molecule has 0 unspecified atom stereocenters. The number of aliphatic hydroxyl groups is 4. The number of hydrogen-bond acceptors (Lipinski definition) is 7. The van der Waals surface area contributed by atoms with Gasteiger partial charge in [-0.3, -0.25) is 0 Å². The van der Waals surface area contributed by atoms with E-state index in [-0.39, 0.29) is 26.4 Å². The Kier molecular flexibility index (Phi) is 17.4. The molecule has 4 N–H and O–H groups in total. The highest BCUT2D eigenvalue weighted by atomic mass is 16.3. The second kappa shape index (κ2) is 26.8. The molecule has 0 spiro atoms. The van der Waals surface area contributed by atoms with Crippen LogP contribution in [0.3, 0.4) is 0 Å². The standard InChI is InChI=1S/C84H69N3O4/c1-58-3-15-64(16-4-58)70-27-39-76(40-28-70)85(77-41-29-71(30-42-77)65-17-5-59(2)6-18-65)82-51-83(86(78-43-31-72(32-44-78)66-19-7-60(54-88)8-20-66)79-45-33-73(34-46-79)67-21-9-61(55-89)10-22-67)53-84(52-82)87(80-47-35-74(36-48-80)68-23-11-62(56-90)12-24-68)81-49-37-75(38-50-81)69-25-13-63(57-91)14-26-69/h3-53,88-91H,54-57H2,1-2H3. The first-order valence-electron chi connectivity index (χ1n) is 30.8. The summed E-state index contributed by atoms with van der Waals surface area (Å²) in [5.41, 5.74) is 27.2. The Morgan fingerprint density at radius 2 is 0.308 bits per heavy atom. The molecule has 444 valence electrons. The zero-order valence-electron chi connectivity index (χ0n) is 50.9. The molecule has 0 fully saturated rings. The van der Waals surface area contributed by atoms with Crippen molar-refractivity contribution in [3.63, 3.8) is 0 Å². The molecular formula is C84H69N3O4. The van der Waals surface area contributed by atoms with Gasteiger partial charge in [-0.05, 0) is 194 Å². The number of nitrogens with zero attached hydrogens (tertiary/aromatic N) is 3. The summed E-state index contributed by atoms with van der Waals surface area (Å²) < 4.78 is 0. The van der Waals surface area contributed by atoms with E-state index in [1.165, 1.54) is 11.1 Å². The molecule has 0 aliphatic rings. The van der Waals surface area contributed by atoms with Crippen molar-refractivity contribution >= 4 is 51.2 Å². The van der Waals surface area contributed by atoms with Crippen LogP contribution >= 0.6 is 0 Å². The summed E-state index contributed by atoms with van der Waals surface area (Å²) in [4.78, 5) is 7.03. The number of anilines is 9. The van der Waals surface area contributed by atoms with E-state index in [2.05, 4.69) is 289 Å². The molecule has 0 aliphatic carbocycles. The third kappa shape index (κ3) is 13.1. The highest BCUT2D eigenvalue weighted by molar-refractivity contribution is 5.91. The second-order valence-corrected chi connectivity index (χ2v) is 23.1.